The van der Waals surface area contributed by atoms with Crippen LogP contribution in [0.4, 0.5) is 4.39 Å². The van der Waals surface area contributed by atoms with Gasteiger partial charge in [0.1, 0.15) is 5.82 Å². The van der Waals surface area contributed by atoms with Crippen molar-refractivity contribution in [3.63, 3.8) is 0 Å². The Labute approximate surface area is 107 Å². The highest BCUT2D eigenvalue weighted by Crippen LogP contribution is 2.29. The van der Waals surface area contributed by atoms with E-state index in [0.717, 1.165) is 18.4 Å². The lowest BCUT2D eigenvalue weighted by Gasteiger charge is -2.29. The summed E-state index contributed by atoms with van der Waals surface area (Å²) in [6.45, 7) is 0. The summed E-state index contributed by atoms with van der Waals surface area (Å²) in [5.74, 6) is 0.343. The van der Waals surface area contributed by atoms with Gasteiger partial charge in [-0.3, -0.25) is 0 Å². The van der Waals surface area contributed by atoms with Crippen LogP contribution in [-0.4, -0.2) is 13.1 Å². The van der Waals surface area contributed by atoms with Crippen LogP contribution in [0, 0.1) is 11.7 Å². The Morgan fingerprint density at radius 2 is 2.24 bits per heavy atom. The van der Waals surface area contributed by atoms with Gasteiger partial charge in [0.05, 0.1) is 5.02 Å². The Morgan fingerprint density at radius 3 is 3.00 bits per heavy atom. The Bertz CT molecular complexity index is 380. The van der Waals surface area contributed by atoms with Gasteiger partial charge in [-0.2, -0.15) is 0 Å². The van der Waals surface area contributed by atoms with Gasteiger partial charge in [0.25, 0.3) is 0 Å². The molecule has 2 unspecified atom stereocenters. The molecule has 0 spiro atoms. The van der Waals surface area contributed by atoms with E-state index in [0.29, 0.717) is 12.0 Å². The van der Waals surface area contributed by atoms with E-state index in [-0.39, 0.29) is 10.8 Å². The molecule has 0 amide bonds. The van der Waals surface area contributed by atoms with E-state index in [1.807, 2.05) is 19.2 Å². The quantitative estimate of drug-likeness (QED) is 0.866. The molecule has 1 N–H and O–H groups in total. The molecule has 1 aliphatic carbocycles. The Kier molecular flexibility index (Phi) is 4.41. The van der Waals surface area contributed by atoms with Crippen LogP contribution in [0.2, 0.25) is 5.02 Å². The van der Waals surface area contributed by atoms with Crippen molar-refractivity contribution in [2.24, 2.45) is 5.92 Å². The Hall–Kier alpha value is -0.600. The normalized spacial score (nSPS) is 24.9. The number of hydrogen-bond donors (Lipinski definition) is 1. The average molecular weight is 256 g/mol. The molecule has 17 heavy (non-hydrogen) atoms. The van der Waals surface area contributed by atoms with Crippen LogP contribution in [0.25, 0.3) is 0 Å². The van der Waals surface area contributed by atoms with Gasteiger partial charge in [0.15, 0.2) is 0 Å². The first-order valence-corrected chi connectivity index (χ1v) is 6.68. The molecule has 1 aliphatic rings. The maximum atomic E-state index is 13.8. The third kappa shape index (κ3) is 3.20. The molecule has 0 saturated heterocycles. The molecule has 2 rings (SSSR count). The van der Waals surface area contributed by atoms with Crippen LogP contribution in [0.1, 0.15) is 31.2 Å². The highest BCUT2D eigenvalue weighted by Gasteiger charge is 2.22. The lowest BCUT2D eigenvalue weighted by atomic mass is 9.82. The molecule has 1 aromatic carbocycles. The standard InChI is InChI=1S/C14H19ClFN/c1-17-12-6-2-4-10(9-12)8-11-5-3-7-13(15)14(11)16/h3,5,7,10,12,17H,2,4,6,8-9H2,1H3. The second-order valence-corrected chi connectivity index (χ2v) is 5.34. The third-order valence-electron chi connectivity index (χ3n) is 3.73. The zero-order valence-electron chi connectivity index (χ0n) is 10.2. The van der Waals surface area contributed by atoms with Gasteiger partial charge in [-0.1, -0.05) is 36.6 Å². The summed E-state index contributed by atoms with van der Waals surface area (Å²) in [6.07, 6.45) is 5.63. The molecular formula is C14H19ClFN. The lowest BCUT2D eigenvalue weighted by Crippen LogP contribution is -2.32. The van der Waals surface area contributed by atoms with Crippen LogP contribution in [0.5, 0.6) is 0 Å². The van der Waals surface area contributed by atoms with Crippen molar-refractivity contribution in [2.75, 3.05) is 7.05 Å². The second kappa shape index (κ2) is 5.83. The van der Waals surface area contributed by atoms with Gasteiger partial charge in [-0.15, -0.1) is 0 Å². The molecule has 1 saturated carbocycles. The fraction of sp³-hybridized carbons (Fsp3) is 0.571. The predicted octanol–water partition coefficient (Wildman–Crippen LogP) is 3.80. The first-order chi connectivity index (χ1) is 8.20. The molecule has 3 heteroatoms. The van der Waals surface area contributed by atoms with Crippen molar-refractivity contribution in [2.45, 2.75) is 38.1 Å². The molecule has 0 aromatic heterocycles. The van der Waals surface area contributed by atoms with E-state index < -0.39 is 0 Å². The van der Waals surface area contributed by atoms with Gasteiger partial charge < -0.3 is 5.32 Å². The highest BCUT2D eigenvalue weighted by molar-refractivity contribution is 6.30. The summed E-state index contributed by atoms with van der Waals surface area (Å²) in [4.78, 5) is 0. The summed E-state index contributed by atoms with van der Waals surface area (Å²) in [5, 5.41) is 3.57. The Balaban J connectivity index is 2.02. The summed E-state index contributed by atoms with van der Waals surface area (Å²) >= 11 is 5.80. The van der Waals surface area contributed by atoms with E-state index in [1.54, 1.807) is 6.07 Å². The molecule has 2 atom stereocenters. The van der Waals surface area contributed by atoms with E-state index in [9.17, 15) is 4.39 Å². The maximum Gasteiger partial charge on any atom is 0.144 e. The minimum atomic E-state index is -0.235. The molecule has 0 radical (unpaired) electrons. The smallest absolute Gasteiger partial charge is 0.144 e. The van der Waals surface area contributed by atoms with Crippen LogP contribution < -0.4 is 5.32 Å². The molecule has 0 heterocycles. The molecule has 0 bridgehead atoms. The Morgan fingerprint density at radius 1 is 1.41 bits per heavy atom. The largest absolute Gasteiger partial charge is 0.317 e. The van der Waals surface area contributed by atoms with Crippen molar-refractivity contribution < 1.29 is 4.39 Å². The molecule has 1 fully saturated rings. The summed E-state index contributed by atoms with van der Waals surface area (Å²) in [5.41, 5.74) is 0.763. The topological polar surface area (TPSA) is 12.0 Å². The van der Waals surface area contributed by atoms with Gasteiger partial charge in [0, 0.05) is 6.04 Å². The first-order valence-electron chi connectivity index (χ1n) is 6.31. The third-order valence-corrected chi connectivity index (χ3v) is 4.02. The van der Waals surface area contributed by atoms with Crippen LogP contribution in [-0.2, 0) is 6.42 Å². The number of nitrogens with one attached hydrogen (secondary N) is 1. The minimum Gasteiger partial charge on any atom is -0.317 e. The van der Waals surface area contributed by atoms with Gasteiger partial charge in [-0.05, 0) is 43.9 Å². The van der Waals surface area contributed by atoms with E-state index in [2.05, 4.69) is 5.32 Å². The van der Waals surface area contributed by atoms with Gasteiger partial charge in [0.2, 0.25) is 0 Å². The summed E-state index contributed by atoms with van der Waals surface area (Å²) in [6, 6.07) is 5.89. The number of benzene rings is 1. The fourth-order valence-electron chi connectivity index (χ4n) is 2.76. The van der Waals surface area contributed by atoms with Gasteiger partial charge >= 0.3 is 0 Å². The second-order valence-electron chi connectivity index (χ2n) is 4.94. The average Bonchev–Trinajstić information content (AvgIpc) is 2.35. The van der Waals surface area contributed by atoms with Gasteiger partial charge in [-0.25, -0.2) is 4.39 Å². The zero-order valence-corrected chi connectivity index (χ0v) is 10.9. The van der Waals surface area contributed by atoms with Crippen molar-refractivity contribution >= 4 is 11.6 Å². The molecule has 1 aromatic rings. The van der Waals surface area contributed by atoms with Crippen LogP contribution in [0.15, 0.2) is 18.2 Å². The lowest BCUT2D eigenvalue weighted by molar-refractivity contribution is 0.292. The van der Waals surface area contributed by atoms with Crippen LogP contribution >= 0.6 is 11.6 Å². The van der Waals surface area contributed by atoms with E-state index >= 15 is 0 Å². The molecule has 94 valence electrons. The summed E-state index contributed by atoms with van der Waals surface area (Å²) in [7, 11) is 2.01. The number of halogens is 2. The van der Waals surface area contributed by atoms with Crippen molar-refractivity contribution in [1.82, 2.24) is 5.32 Å². The molecule has 1 nitrogen and oxygen atoms in total. The van der Waals surface area contributed by atoms with E-state index in [4.69, 9.17) is 11.6 Å². The number of rotatable bonds is 3. The monoisotopic (exact) mass is 255 g/mol. The maximum absolute atomic E-state index is 13.8. The van der Waals surface area contributed by atoms with Crippen molar-refractivity contribution in [1.29, 1.82) is 0 Å². The molecular weight excluding hydrogens is 237 g/mol. The van der Waals surface area contributed by atoms with Crippen molar-refractivity contribution in [3.8, 4) is 0 Å². The minimum absolute atomic E-state index is 0.235. The van der Waals surface area contributed by atoms with E-state index in [1.165, 1.54) is 19.3 Å². The van der Waals surface area contributed by atoms with Crippen LogP contribution in [0.3, 0.4) is 0 Å². The SMILES string of the molecule is CNC1CCCC(Cc2cccc(Cl)c2F)C1. The highest BCUT2D eigenvalue weighted by atomic mass is 35.5. The fourth-order valence-corrected chi connectivity index (χ4v) is 2.95. The zero-order chi connectivity index (χ0) is 12.3. The summed E-state index contributed by atoms with van der Waals surface area (Å²) < 4.78 is 13.8. The predicted molar refractivity (Wildman–Crippen MR) is 69.9 cm³/mol. The molecule has 0 aliphatic heterocycles. The number of hydrogen-bond acceptors (Lipinski definition) is 1. The first kappa shape index (κ1) is 12.8. The van der Waals surface area contributed by atoms with Crippen molar-refractivity contribution in [3.05, 3.63) is 34.6 Å².